The minimum Gasteiger partial charge on any atom is -0.336 e. The molecule has 106 valence electrons. The first-order chi connectivity index (χ1) is 9.54. The molecule has 6 nitrogen and oxygen atoms in total. The van der Waals surface area contributed by atoms with Crippen LogP contribution in [-0.2, 0) is 9.59 Å². The van der Waals surface area contributed by atoms with Crippen molar-refractivity contribution in [3.8, 4) is 0 Å². The number of Topliss-reactive ketones (excluding diaryl/α,β-unsaturated/α-hetero) is 1. The number of carbonyl (C=O) groups is 3. The van der Waals surface area contributed by atoms with Gasteiger partial charge in [0.15, 0.2) is 5.78 Å². The van der Waals surface area contributed by atoms with Gasteiger partial charge in [-0.1, -0.05) is 0 Å². The number of anilines is 1. The van der Waals surface area contributed by atoms with Gasteiger partial charge in [0.05, 0.1) is 6.54 Å². The lowest BCUT2D eigenvalue weighted by atomic mass is 10.1. The highest BCUT2D eigenvalue weighted by Gasteiger charge is 2.31. The van der Waals surface area contributed by atoms with E-state index in [9.17, 15) is 14.4 Å². The fourth-order valence-electron chi connectivity index (χ4n) is 2.07. The first kappa shape index (κ1) is 14.2. The van der Waals surface area contributed by atoms with Gasteiger partial charge in [0.1, 0.15) is 0 Å². The van der Waals surface area contributed by atoms with Crippen LogP contribution in [0.3, 0.4) is 0 Å². The fraction of sp³-hybridized carbons (Fsp3) is 0.357. The Morgan fingerprint density at radius 2 is 1.80 bits per heavy atom. The Balaban J connectivity index is 2.16. The number of rotatable bonds is 4. The molecule has 6 heteroatoms. The predicted molar refractivity (Wildman–Crippen MR) is 74.7 cm³/mol. The summed E-state index contributed by atoms with van der Waals surface area (Å²) in [6, 6.07) is 6.73. The monoisotopic (exact) mass is 275 g/mol. The van der Waals surface area contributed by atoms with E-state index < -0.39 is 11.8 Å². The molecule has 2 rings (SSSR count). The van der Waals surface area contributed by atoms with Crippen molar-refractivity contribution >= 4 is 23.3 Å². The second kappa shape index (κ2) is 5.83. The Hall–Kier alpha value is -2.21. The number of nitrogens with zero attached hydrogens (tertiary/aromatic N) is 2. The molecule has 1 saturated heterocycles. The van der Waals surface area contributed by atoms with Gasteiger partial charge in [-0.05, 0) is 31.3 Å². The summed E-state index contributed by atoms with van der Waals surface area (Å²) in [5.41, 5.74) is 1.22. The van der Waals surface area contributed by atoms with Crippen molar-refractivity contribution in [2.45, 2.75) is 0 Å². The summed E-state index contributed by atoms with van der Waals surface area (Å²) in [6.45, 7) is 1.24. The molecule has 0 unspecified atom stereocenters. The maximum atomic E-state index is 11.9. The summed E-state index contributed by atoms with van der Waals surface area (Å²) in [5, 5.41) is 2.80. The number of ketones is 1. The van der Waals surface area contributed by atoms with E-state index in [-0.39, 0.29) is 12.3 Å². The smallest absolute Gasteiger partial charge is 0.316 e. The van der Waals surface area contributed by atoms with E-state index in [1.807, 2.05) is 0 Å². The SMILES string of the molecule is CNCC(=O)c1ccc(N2CCN(C)C(=O)C2=O)cc1. The van der Waals surface area contributed by atoms with E-state index in [0.717, 1.165) is 0 Å². The van der Waals surface area contributed by atoms with Crippen LogP contribution in [0, 0.1) is 0 Å². The summed E-state index contributed by atoms with van der Waals surface area (Å²) in [7, 11) is 3.32. The summed E-state index contributed by atoms with van der Waals surface area (Å²) < 4.78 is 0. The molecule has 1 aliphatic heterocycles. The lowest BCUT2D eigenvalue weighted by molar-refractivity contribution is -0.145. The van der Waals surface area contributed by atoms with Gasteiger partial charge < -0.3 is 15.1 Å². The van der Waals surface area contributed by atoms with Gasteiger partial charge in [-0.15, -0.1) is 0 Å². The zero-order valence-electron chi connectivity index (χ0n) is 11.5. The van der Waals surface area contributed by atoms with Crippen molar-refractivity contribution in [3.05, 3.63) is 29.8 Å². The van der Waals surface area contributed by atoms with Gasteiger partial charge in [0, 0.05) is 31.4 Å². The number of piperazine rings is 1. The second-order valence-electron chi connectivity index (χ2n) is 4.68. The van der Waals surface area contributed by atoms with E-state index in [1.54, 1.807) is 38.4 Å². The molecule has 1 aromatic carbocycles. The Morgan fingerprint density at radius 1 is 1.15 bits per heavy atom. The highest BCUT2D eigenvalue weighted by molar-refractivity contribution is 6.40. The molecule has 2 amide bonds. The number of likely N-dealkylation sites (N-methyl/N-ethyl adjacent to an activating group) is 2. The number of carbonyl (C=O) groups excluding carboxylic acids is 3. The molecule has 0 aromatic heterocycles. The van der Waals surface area contributed by atoms with Crippen LogP contribution in [0.15, 0.2) is 24.3 Å². The van der Waals surface area contributed by atoms with E-state index in [1.165, 1.54) is 9.80 Å². The molecule has 0 aliphatic carbocycles. The maximum absolute atomic E-state index is 11.9. The molecule has 0 saturated carbocycles. The number of hydrogen-bond donors (Lipinski definition) is 1. The molecule has 20 heavy (non-hydrogen) atoms. The quantitative estimate of drug-likeness (QED) is 0.615. The molecule has 0 atom stereocenters. The van der Waals surface area contributed by atoms with E-state index in [4.69, 9.17) is 0 Å². The minimum atomic E-state index is -0.534. The summed E-state index contributed by atoms with van der Waals surface area (Å²) in [4.78, 5) is 38.1. The predicted octanol–water partition coefficient (Wildman–Crippen LogP) is -0.106. The largest absolute Gasteiger partial charge is 0.336 e. The molecular weight excluding hydrogens is 258 g/mol. The van der Waals surface area contributed by atoms with Crippen molar-refractivity contribution in [1.82, 2.24) is 10.2 Å². The minimum absolute atomic E-state index is 0.0140. The van der Waals surface area contributed by atoms with Crippen molar-refractivity contribution in [1.29, 1.82) is 0 Å². The Labute approximate surface area is 117 Å². The lowest BCUT2D eigenvalue weighted by Crippen LogP contribution is -2.53. The van der Waals surface area contributed by atoms with E-state index in [2.05, 4.69) is 5.32 Å². The zero-order valence-corrected chi connectivity index (χ0v) is 11.5. The lowest BCUT2D eigenvalue weighted by Gasteiger charge is -2.31. The van der Waals surface area contributed by atoms with E-state index >= 15 is 0 Å². The van der Waals surface area contributed by atoms with Crippen LogP contribution in [-0.4, -0.2) is 56.2 Å². The molecule has 0 bridgehead atoms. The molecular formula is C14H17N3O3. The molecule has 0 spiro atoms. The average Bonchev–Trinajstić information content (AvgIpc) is 2.45. The maximum Gasteiger partial charge on any atom is 0.316 e. The van der Waals surface area contributed by atoms with Crippen LogP contribution in [0.25, 0.3) is 0 Å². The molecule has 1 aromatic rings. The standard InChI is InChI=1S/C14H17N3O3/c1-15-9-12(18)10-3-5-11(6-4-10)17-8-7-16(2)13(19)14(17)20/h3-6,15H,7-9H2,1-2H3. The molecule has 1 fully saturated rings. The molecule has 1 N–H and O–H groups in total. The highest BCUT2D eigenvalue weighted by atomic mass is 16.2. The van der Waals surface area contributed by atoms with Gasteiger partial charge in [0.25, 0.3) is 0 Å². The van der Waals surface area contributed by atoms with Crippen LogP contribution in [0.2, 0.25) is 0 Å². The summed E-state index contributed by atoms with van der Waals surface area (Å²) >= 11 is 0. The van der Waals surface area contributed by atoms with Gasteiger partial charge in [-0.25, -0.2) is 0 Å². The van der Waals surface area contributed by atoms with Crippen LogP contribution in [0.1, 0.15) is 10.4 Å². The first-order valence-corrected chi connectivity index (χ1v) is 6.39. The molecule has 1 heterocycles. The molecule has 0 radical (unpaired) electrons. The number of hydrogen-bond acceptors (Lipinski definition) is 4. The number of amides is 2. The van der Waals surface area contributed by atoms with Gasteiger partial charge in [-0.2, -0.15) is 0 Å². The van der Waals surface area contributed by atoms with Crippen molar-refractivity contribution in [2.75, 3.05) is 38.6 Å². The zero-order chi connectivity index (χ0) is 14.7. The topological polar surface area (TPSA) is 69.7 Å². The van der Waals surface area contributed by atoms with Gasteiger partial charge in [0.2, 0.25) is 0 Å². The van der Waals surface area contributed by atoms with Crippen LogP contribution < -0.4 is 10.2 Å². The van der Waals surface area contributed by atoms with Crippen molar-refractivity contribution < 1.29 is 14.4 Å². The van der Waals surface area contributed by atoms with Crippen molar-refractivity contribution in [2.24, 2.45) is 0 Å². The normalized spacial score (nSPS) is 15.7. The third kappa shape index (κ3) is 2.70. The molecule has 1 aliphatic rings. The van der Waals surface area contributed by atoms with Crippen LogP contribution in [0.4, 0.5) is 5.69 Å². The number of benzene rings is 1. The van der Waals surface area contributed by atoms with Gasteiger partial charge in [-0.3, -0.25) is 14.4 Å². The summed E-state index contributed by atoms with van der Waals surface area (Å²) in [6.07, 6.45) is 0. The second-order valence-corrected chi connectivity index (χ2v) is 4.68. The van der Waals surface area contributed by atoms with Crippen molar-refractivity contribution in [3.63, 3.8) is 0 Å². The van der Waals surface area contributed by atoms with Crippen LogP contribution >= 0.6 is 0 Å². The Bertz CT molecular complexity index is 539. The third-order valence-corrected chi connectivity index (χ3v) is 3.27. The third-order valence-electron chi connectivity index (χ3n) is 3.27. The first-order valence-electron chi connectivity index (χ1n) is 6.39. The van der Waals surface area contributed by atoms with Gasteiger partial charge >= 0.3 is 11.8 Å². The average molecular weight is 275 g/mol. The van der Waals surface area contributed by atoms with E-state index in [0.29, 0.717) is 24.3 Å². The highest BCUT2D eigenvalue weighted by Crippen LogP contribution is 2.18. The Morgan fingerprint density at radius 3 is 2.40 bits per heavy atom. The fourth-order valence-corrected chi connectivity index (χ4v) is 2.07. The van der Waals surface area contributed by atoms with Crippen LogP contribution in [0.5, 0.6) is 0 Å². The number of nitrogens with one attached hydrogen (secondary N) is 1. The summed E-state index contributed by atoms with van der Waals surface area (Å²) in [5.74, 6) is -1.06. The Kier molecular flexibility index (Phi) is 4.14.